The Labute approximate surface area is 68.5 Å². The molecule has 66 valence electrons. The summed E-state index contributed by atoms with van der Waals surface area (Å²) in [5.74, 6) is -1.49. The summed E-state index contributed by atoms with van der Waals surface area (Å²) in [6, 6.07) is 2.61. The van der Waals surface area contributed by atoms with Crippen molar-refractivity contribution in [3.63, 3.8) is 0 Å². The molecule has 1 rings (SSSR count). The normalized spacial score (nSPS) is 11.4. The van der Waals surface area contributed by atoms with Gasteiger partial charge in [-0.15, -0.1) is 0 Å². The zero-order chi connectivity index (χ0) is 9.19. The van der Waals surface area contributed by atoms with Crippen LogP contribution in [-0.4, -0.2) is 24.6 Å². The lowest BCUT2D eigenvalue weighted by Crippen LogP contribution is -2.17. The summed E-state index contributed by atoms with van der Waals surface area (Å²) in [6.45, 7) is 0. The standard InChI is InChI=1S/C6H6O5S/c7-4-12(9,10)6(8)5-2-1-3-11-5/h1-3,7H,4H2. The number of aliphatic hydroxyl groups excluding tert-OH is 1. The van der Waals surface area contributed by atoms with Crippen molar-refractivity contribution in [2.24, 2.45) is 0 Å². The predicted molar refractivity (Wildman–Crippen MR) is 39.0 cm³/mol. The van der Waals surface area contributed by atoms with Gasteiger partial charge >= 0.3 is 5.12 Å². The molecule has 0 aliphatic carbocycles. The SMILES string of the molecule is O=C(c1ccco1)S(=O)(=O)CO. The van der Waals surface area contributed by atoms with Gasteiger partial charge in [0, 0.05) is 0 Å². The molecule has 0 aromatic carbocycles. The number of hydrogen-bond donors (Lipinski definition) is 1. The molecule has 0 spiro atoms. The Morgan fingerprint density at radius 3 is 2.67 bits per heavy atom. The molecule has 0 unspecified atom stereocenters. The van der Waals surface area contributed by atoms with E-state index < -0.39 is 20.9 Å². The van der Waals surface area contributed by atoms with Crippen LogP contribution in [0.5, 0.6) is 0 Å². The van der Waals surface area contributed by atoms with Crippen LogP contribution in [0, 0.1) is 0 Å². The summed E-state index contributed by atoms with van der Waals surface area (Å²) in [6.07, 6.45) is 1.18. The summed E-state index contributed by atoms with van der Waals surface area (Å²) in [5.41, 5.74) is 0. The zero-order valence-corrected chi connectivity index (χ0v) is 6.74. The van der Waals surface area contributed by atoms with E-state index in [0.29, 0.717) is 0 Å². The van der Waals surface area contributed by atoms with Crippen molar-refractivity contribution in [3.8, 4) is 0 Å². The van der Waals surface area contributed by atoms with Crippen molar-refractivity contribution in [2.75, 3.05) is 5.94 Å². The molecule has 12 heavy (non-hydrogen) atoms. The first-order chi connectivity index (χ1) is 5.58. The van der Waals surface area contributed by atoms with Gasteiger partial charge in [-0.2, -0.15) is 0 Å². The minimum absolute atomic E-state index is 0.288. The highest BCUT2D eigenvalue weighted by atomic mass is 32.2. The van der Waals surface area contributed by atoms with Crippen LogP contribution in [0.1, 0.15) is 10.6 Å². The van der Waals surface area contributed by atoms with E-state index in [2.05, 4.69) is 4.42 Å². The third-order valence-corrected chi connectivity index (χ3v) is 2.28. The van der Waals surface area contributed by atoms with E-state index in [4.69, 9.17) is 5.11 Å². The Hall–Kier alpha value is -1.14. The van der Waals surface area contributed by atoms with Crippen LogP contribution >= 0.6 is 0 Å². The van der Waals surface area contributed by atoms with Crippen LogP contribution in [-0.2, 0) is 9.84 Å². The minimum atomic E-state index is -4.10. The molecule has 0 fully saturated rings. The highest BCUT2D eigenvalue weighted by molar-refractivity contribution is 8.06. The number of carbonyl (C=O) groups is 1. The number of aliphatic hydroxyl groups is 1. The summed E-state index contributed by atoms with van der Waals surface area (Å²) in [5, 5.41) is 7.11. The highest BCUT2D eigenvalue weighted by Crippen LogP contribution is 2.06. The van der Waals surface area contributed by atoms with Gasteiger partial charge in [-0.3, -0.25) is 4.79 Å². The smallest absolute Gasteiger partial charge is 0.313 e. The first kappa shape index (κ1) is 8.95. The molecule has 6 heteroatoms. The second-order valence-corrected chi connectivity index (χ2v) is 3.87. The molecule has 0 amide bonds. The van der Waals surface area contributed by atoms with E-state index in [-0.39, 0.29) is 5.76 Å². The fourth-order valence-electron chi connectivity index (χ4n) is 0.607. The number of sulfone groups is 1. The highest BCUT2D eigenvalue weighted by Gasteiger charge is 2.24. The van der Waals surface area contributed by atoms with E-state index in [1.54, 1.807) is 0 Å². The quantitative estimate of drug-likeness (QED) is 0.697. The summed E-state index contributed by atoms with van der Waals surface area (Å²) in [7, 11) is -4.10. The first-order valence-electron chi connectivity index (χ1n) is 2.99. The average molecular weight is 190 g/mol. The van der Waals surface area contributed by atoms with Crippen LogP contribution in [0.4, 0.5) is 0 Å². The summed E-state index contributed by atoms with van der Waals surface area (Å²) in [4.78, 5) is 10.9. The average Bonchev–Trinajstić information content (AvgIpc) is 2.55. The second kappa shape index (κ2) is 3.08. The van der Waals surface area contributed by atoms with Crippen LogP contribution in [0.15, 0.2) is 22.8 Å². The molecule has 1 aromatic heterocycles. The van der Waals surface area contributed by atoms with E-state index >= 15 is 0 Å². The molecule has 0 aliphatic rings. The van der Waals surface area contributed by atoms with Crippen molar-refractivity contribution >= 4 is 15.0 Å². The van der Waals surface area contributed by atoms with Gasteiger partial charge in [0.05, 0.1) is 6.26 Å². The van der Waals surface area contributed by atoms with E-state index in [1.165, 1.54) is 18.4 Å². The summed E-state index contributed by atoms with van der Waals surface area (Å²) < 4.78 is 26.0. The minimum Gasteiger partial charge on any atom is -0.460 e. The molecule has 1 N–H and O–H groups in total. The van der Waals surface area contributed by atoms with Gasteiger partial charge in [0.15, 0.2) is 11.7 Å². The van der Waals surface area contributed by atoms with Gasteiger partial charge in [-0.25, -0.2) is 8.42 Å². The van der Waals surface area contributed by atoms with Crippen LogP contribution < -0.4 is 0 Å². The van der Waals surface area contributed by atoms with Crippen molar-refractivity contribution in [1.82, 2.24) is 0 Å². The van der Waals surface area contributed by atoms with Gasteiger partial charge in [-0.05, 0) is 12.1 Å². The Balaban J connectivity index is 3.03. The van der Waals surface area contributed by atoms with Crippen molar-refractivity contribution in [2.45, 2.75) is 0 Å². The lowest BCUT2D eigenvalue weighted by Gasteiger charge is -1.93. The lowest BCUT2D eigenvalue weighted by molar-refractivity contribution is 0.104. The maximum absolute atomic E-state index is 10.9. The van der Waals surface area contributed by atoms with Crippen molar-refractivity contribution in [3.05, 3.63) is 24.2 Å². The van der Waals surface area contributed by atoms with E-state index in [0.717, 1.165) is 0 Å². The topological polar surface area (TPSA) is 84.6 Å². The van der Waals surface area contributed by atoms with Gasteiger partial charge in [-0.1, -0.05) is 0 Å². The molecule has 1 heterocycles. The molecule has 5 nitrogen and oxygen atoms in total. The largest absolute Gasteiger partial charge is 0.460 e. The van der Waals surface area contributed by atoms with Gasteiger partial charge in [0.25, 0.3) is 0 Å². The number of carbonyl (C=O) groups excluding carboxylic acids is 1. The van der Waals surface area contributed by atoms with Crippen LogP contribution in [0.2, 0.25) is 0 Å². The molecular weight excluding hydrogens is 184 g/mol. The third kappa shape index (κ3) is 1.54. The fraction of sp³-hybridized carbons (Fsp3) is 0.167. The van der Waals surface area contributed by atoms with Crippen LogP contribution in [0.25, 0.3) is 0 Å². The van der Waals surface area contributed by atoms with E-state index in [9.17, 15) is 13.2 Å². The lowest BCUT2D eigenvalue weighted by atomic mass is 10.5. The van der Waals surface area contributed by atoms with Gasteiger partial charge in [0.1, 0.15) is 0 Å². The second-order valence-electron chi connectivity index (χ2n) is 2.01. The molecule has 0 saturated heterocycles. The molecular formula is C6H6O5S. The van der Waals surface area contributed by atoms with Gasteiger partial charge < -0.3 is 9.52 Å². The van der Waals surface area contributed by atoms with Gasteiger partial charge in [0.2, 0.25) is 9.84 Å². The Kier molecular flexibility index (Phi) is 2.30. The fourth-order valence-corrected chi connectivity index (χ4v) is 1.15. The molecule has 0 saturated carbocycles. The van der Waals surface area contributed by atoms with Crippen LogP contribution in [0.3, 0.4) is 0 Å². The monoisotopic (exact) mass is 190 g/mol. The van der Waals surface area contributed by atoms with Crippen molar-refractivity contribution < 1.29 is 22.7 Å². The zero-order valence-electron chi connectivity index (χ0n) is 5.93. The van der Waals surface area contributed by atoms with E-state index in [1.807, 2.05) is 0 Å². The Bertz CT molecular complexity index is 361. The number of rotatable bonds is 2. The molecule has 0 aliphatic heterocycles. The summed E-state index contributed by atoms with van der Waals surface area (Å²) >= 11 is 0. The Morgan fingerprint density at radius 1 is 1.58 bits per heavy atom. The first-order valence-corrected chi connectivity index (χ1v) is 4.64. The predicted octanol–water partition coefficient (Wildman–Crippen LogP) is -0.216. The molecule has 1 aromatic rings. The van der Waals surface area contributed by atoms with Crippen molar-refractivity contribution in [1.29, 1.82) is 0 Å². The number of hydrogen-bond acceptors (Lipinski definition) is 5. The maximum Gasteiger partial charge on any atom is 0.313 e. The third-order valence-electron chi connectivity index (χ3n) is 1.17. The molecule has 0 atom stereocenters. The maximum atomic E-state index is 10.9. The Morgan fingerprint density at radius 2 is 2.25 bits per heavy atom. The molecule has 0 bridgehead atoms. The number of furan rings is 1. The molecule has 0 radical (unpaired) electrons.